The molecular weight excluding hydrogens is 524 g/mol. The van der Waals surface area contributed by atoms with Gasteiger partial charge in [0.05, 0.1) is 18.3 Å². The Kier molecular flexibility index (Phi) is 7.08. The van der Waals surface area contributed by atoms with Gasteiger partial charge < -0.3 is 25.0 Å². The lowest BCUT2D eigenvalue weighted by atomic mass is 10.2. The average molecular weight is 553 g/mol. The number of anilines is 3. The summed E-state index contributed by atoms with van der Waals surface area (Å²) in [4.78, 5) is 34.0. The molecule has 4 heterocycles. The van der Waals surface area contributed by atoms with Crippen LogP contribution < -0.4 is 15.0 Å². The van der Waals surface area contributed by atoms with Crippen molar-refractivity contribution in [2.24, 2.45) is 7.05 Å². The van der Waals surface area contributed by atoms with E-state index in [2.05, 4.69) is 30.6 Å². The zero-order valence-electron chi connectivity index (χ0n) is 22.6. The standard InChI is InChI=1S/C28H28N10O3/c1-18-14-19(5-8-24(18)41-20-6-7-23-21(15-20)34-35-36(23)2)32-27-26-22(30-17-31-27)16-29-28(33-26)38-11-9-37(10-12-38)25(40)4-3-13-39/h3-8,14-17,39H,9-13H2,1-2H3,(H,30,31,32)/b4-3+. The molecule has 0 aliphatic carbocycles. The lowest BCUT2D eigenvalue weighted by Crippen LogP contribution is -2.48. The monoisotopic (exact) mass is 552 g/mol. The van der Waals surface area contributed by atoms with Gasteiger partial charge in [0.2, 0.25) is 11.9 Å². The summed E-state index contributed by atoms with van der Waals surface area (Å²) in [6.45, 7) is 4.06. The molecule has 1 amide bonds. The molecule has 2 aromatic carbocycles. The fourth-order valence-corrected chi connectivity index (χ4v) is 4.66. The number of amides is 1. The molecule has 6 rings (SSSR count). The zero-order chi connectivity index (χ0) is 28.3. The Morgan fingerprint density at radius 2 is 1.93 bits per heavy atom. The number of nitrogens with zero attached hydrogens (tertiary/aromatic N) is 9. The molecule has 1 aliphatic heterocycles. The number of aromatic nitrogens is 7. The highest BCUT2D eigenvalue weighted by molar-refractivity contribution is 5.88. The minimum absolute atomic E-state index is 0.115. The van der Waals surface area contributed by atoms with Crippen molar-refractivity contribution in [2.45, 2.75) is 6.92 Å². The van der Waals surface area contributed by atoms with Gasteiger partial charge in [-0.25, -0.2) is 24.6 Å². The molecule has 0 atom stereocenters. The summed E-state index contributed by atoms with van der Waals surface area (Å²) in [5.41, 5.74) is 4.67. The molecule has 1 fully saturated rings. The predicted octanol–water partition coefficient (Wildman–Crippen LogP) is 2.74. The summed E-state index contributed by atoms with van der Waals surface area (Å²) in [5, 5.41) is 20.5. The van der Waals surface area contributed by atoms with Crippen LogP contribution in [0.5, 0.6) is 11.5 Å². The zero-order valence-corrected chi connectivity index (χ0v) is 22.6. The van der Waals surface area contributed by atoms with Crippen LogP contribution >= 0.6 is 0 Å². The summed E-state index contributed by atoms with van der Waals surface area (Å²) in [7, 11) is 1.85. The van der Waals surface area contributed by atoms with Gasteiger partial charge in [0.25, 0.3) is 0 Å². The van der Waals surface area contributed by atoms with E-state index in [0.717, 1.165) is 28.0 Å². The first-order chi connectivity index (χ1) is 20.0. The molecule has 41 heavy (non-hydrogen) atoms. The Morgan fingerprint density at radius 3 is 2.73 bits per heavy atom. The first-order valence-electron chi connectivity index (χ1n) is 13.1. The van der Waals surface area contributed by atoms with Crippen molar-refractivity contribution in [3.63, 3.8) is 0 Å². The van der Waals surface area contributed by atoms with Crippen LogP contribution in [0.25, 0.3) is 22.1 Å². The van der Waals surface area contributed by atoms with Crippen molar-refractivity contribution >= 4 is 45.4 Å². The van der Waals surface area contributed by atoms with Gasteiger partial charge >= 0.3 is 0 Å². The van der Waals surface area contributed by atoms with Crippen molar-refractivity contribution in [1.29, 1.82) is 0 Å². The van der Waals surface area contributed by atoms with Crippen molar-refractivity contribution in [2.75, 3.05) is 43.0 Å². The molecule has 0 unspecified atom stereocenters. The molecule has 13 heteroatoms. The molecule has 1 aliphatic rings. The van der Waals surface area contributed by atoms with Crippen LogP contribution in [0.3, 0.4) is 0 Å². The van der Waals surface area contributed by atoms with Gasteiger partial charge in [-0.3, -0.25) is 4.79 Å². The second-order valence-corrected chi connectivity index (χ2v) is 9.59. The Bertz CT molecular complexity index is 1760. The quantitative estimate of drug-likeness (QED) is 0.287. The largest absolute Gasteiger partial charge is 0.457 e. The van der Waals surface area contributed by atoms with Crippen LogP contribution in [0.2, 0.25) is 0 Å². The fraction of sp³-hybridized carbons (Fsp3) is 0.250. The van der Waals surface area contributed by atoms with E-state index in [9.17, 15) is 4.79 Å². The Balaban J connectivity index is 1.18. The maximum atomic E-state index is 12.2. The Hall–Kier alpha value is -5.17. The molecule has 13 nitrogen and oxygen atoms in total. The highest BCUT2D eigenvalue weighted by Crippen LogP contribution is 2.31. The number of carbonyl (C=O) groups is 1. The van der Waals surface area contributed by atoms with Gasteiger partial charge in [0.15, 0.2) is 5.82 Å². The number of piperazine rings is 1. The number of ether oxygens (including phenoxy) is 1. The van der Waals surface area contributed by atoms with Crippen LogP contribution in [-0.4, -0.2) is 83.6 Å². The van der Waals surface area contributed by atoms with Gasteiger partial charge in [-0.05, 0) is 42.8 Å². The molecule has 208 valence electrons. The number of hydrogen-bond acceptors (Lipinski definition) is 11. The number of rotatable bonds is 7. The van der Waals surface area contributed by atoms with Crippen molar-refractivity contribution in [1.82, 2.24) is 39.8 Å². The molecule has 1 saturated heterocycles. The van der Waals surface area contributed by atoms with Crippen molar-refractivity contribution < 1.29 is 14.6 Å². The van der Waals surface area contributed by atoms with Crippen molar-refractivity contribution in [3.05, 3.63) is 66.6 Å². The number of fused-ring (bicyclic) bond motifs is 2. The third kappa shape index (κ3) is 5.47. The highest BCUT2D eigenvalue weighted by atomic mass is 16.5. The predicted molar refractivity (Wildman–Crippen MR) is 153 cm³/mol. The van der Waals surface area contributed by atoms with Crippen LogP contribution in [0, 0.1) is 6.92 Å². The number of aliphatic hydroxyl groups is 1. The minimum Gasteiger partial charge on any atom is -0.457 e. The normalized spacial score (nSPS) is 13.8. The van der Waals surface area contributed by atoms with Crippen LogP contribution in [-0.2, 0) is 11.8 Å². The first kappa shape index (κ1) is 26.1. The molecule has 2 N–H and O–H groups in total. The minimum atomic E-state index is -0.159. The average Bonchev–Trinajstić information content (AvgIpc) is 3.37. The van der Waals surface area contributed by atoms with Gasteiger partial charge in [-0.2, -0.15) is 0 Å². The summed E-state index contributed by atoms with van der Waals surface area (Å²) in [6, 6.07) is 11.5. The van der Waals surface area contributed by atoms with Crippen molar-refractivity contribution in [3.8, 4) is 11.5 Å². The second kappa shape index (κ2) is 11.1. The molecule has 0 saturated carbocycles. The fourth-order valence-electron chi connectivity index (χ4n) is 4.66. The molecule has 0 spiro atoms. The number of benzene rings is 2. The maximum absolute atomic E-state index is 12.2. The van der Waals surface area contributed by atoms with E-state index < -0.39 is 0 Å². The maximum Gasteiger partial charge on any atom is 0.246 e. The molecule has 0 bridgehead atoms. The van der Waals surface area contributed by atoms with E-state index >= 15 is 0 Å². The van der Waals surface area contributed by atoms with Gasteiger partial charge in [-0.1, -0.05) is 11.3 Å². The lowest BCUT2D eigenvalue weighted by molar-refractivity contribution is -0.126. The topological polar surface area (TPSA) is 147 Å². The van der Waals surface area contributed by atoms with Gasteiger partial charge in [0.1, 0.15) is 34.4 Å². The number of carbonyl (C=O) groups excluding carboxylic acids is 1. The van der Waals surface area contributed by atoms with E-state index in [4.69, 9.17) is 14.8 Å². The Labute approximate surface area is 235 Å². The molecule has 5 aromatic rings. The summed E-state index contributed by atoms with van der Waals surface area (Å²) in [6.07, 6.45) is 6.00. The first-order valence-corrected chi connectivity index (χ1v) is 13.1. The van der Waals surface area contributed by atoms with Gasteiger partial charge in [-0.15, -0.1) is 5.10 Å². The number of hydrogen-bond donors (Lipinski definition) is 2. The second-order valence-electron chi connectivity index (χ2n) is 9.59. The molecule has 3 aromatic heterocycles. The number of aryl methyl sites for hydroxylation is 2. The molecular formula is C28H28N10O3. The smallest absolute Gasteiger partial charge is 0.246 e. The van der Waals surface area contributed by atoms with E-state index in [1.165, 1.54) is 18.5 Å². The highest BCUT2D eigenvalue weighted by Gasteiger charge is 2.22. The Morgan fingerprint density at radius 1 is 1.07 bits per heavy atom. The third-order valence-corrected chi connectivity index (χ3v) is 6.85. The molecule has 0 radical (unpaired) electrons. The lowest BCUT2D eigenvalue weighted by Gasteiger charge is -2.34. The van der Waals surface area contributed by atoms with E-state index in [1.807, 2.05) is 55.3 Å². The number of aliphatic hydroxyl groups excluding tert-OH is 1. The SMILES string of the molecule is Cc1cc(Nc2ncnc3cnc(N4CCN(C(=O)/C=C/CO)CC4)nc23)ccc1Oc1ccc2c(c1)nnn2C. The van der Waals surface area contributed by atoms with E-state index in [-0.39, 0.29) is 12.5 Å². The third-order valence-electron chi connectivity index (χ3n) is 6.85. The van der Waals surface area contributed by atoms with Crippen LogP contribution in [0.1, 0.15) is 5.56 Å². The van der Waals surface area contributed by atoms with Gasteiger partial charge in [0, 0.05) is 51.1 Å². The summed E-state index contributed by atoms with van der Waals surface area (Å²) >= 11 is 0. The van der Waals surface area contributed by atoms with Crippen LogP contribution in [0.15, 0.2) is 61.1 Å². The summed E-state index contributed by atoms with van der Waals surface area (Å²) < 4.78 is 7.85. The van der Waals surface area contributed by atoms with E-state index in [1.54, 1.807) is 15.8 Å². The van der Waals surface area contributed by atoms with E-state index in [0.29, 0.717) is 54.7 Å². The summed E-state index contributed by atoms with van der Waals surface area (Å²) in [5.74, 6) is 2.40. The van der Waals surface area contributed by atoms with Crippen LogP contribution in [0.4, 0.5) is 17.5 Å². The number of nitrogens with one attached hydrogen (secondary N) is 1.